The van der Waals surface area contributed by atoms with Crippen molar-refractivity contribution in [2.45, 2.75) is 58.7 Å². The molecule has 0 aromatic heterocycles. The molecule has 0 aliphatic rings. The minimum absolute atomic E-state index is 0.0994. The molecule has 0 bridgehead atoms. The third kappa shape index (κ3) is 8.90. The molecule has 8 nitrogen and oxygen atoms in total. The number of carbonyl (C=O) groups is 2. The maximum Gasteiger partial charge on any atom is 0.242 e. The number of sulfonamides is 1. The molecule has 35 heavy (non-hydrogen) atoms. The minimum Gasteiger partial charge on any atom is -0.497 e. The Morgan fingerprint density at radius 3 is 2.14 bits per heavy atom. The van der Waals surface area contributed by atoms with Gasteiger partial charge in [-0.05, 0) is 63.9 Å². The van der Waals surface area contributed by atoms with Crippen LogP contribution in [0.25, 0.3) is 0 Å². The Morgan fingerprint density at radius 1 is 1.03 bits per heavy atom. The van der Waals surface area contributed by atoms with Crippen molar-refractivity contribution in [3.63, 3.8) is 0 Å². The van der Waals surface area contributed by atoms with Gasteiger partial charge in [-0.1, -0.05) is 30.3 Å². The number of nitrogens with one attached hydrogen (secondary N) is 1. The number of hydrogen-bond donors (Lipinski definition) is 1. The molecule has 2 rings (SSSR count). The molecule has 2 amide bonds. The summed E-state index contributed by atoms with van der Waals surface area (Å²) in [5, 5.41) is 2.93. The number of carbonyl (C=O) groups excluding carboxylic acids is 2. The first-order valence-electron chi connectivity index (χ1n) is 11.6. The fourth-order valence-electron chi connectivity index (χ4n) is 3.58. The second kappa shape index (κ2) is 12.1. The van der Waals surface area contributed by atoms with Gasteiger partial charge in [0, 0.05) is 25.0 Å². The van der Waals surface area contributed by atoms with E-state index in [1.54, 1.807) is 38.3 Å². The van der Waals surface area contributed by atoms with Crippen LogP contribution in [-0.2, 0) is 26.2 Å². The van der Waals surface area contributed by atoms with E-state index in [2.05, 4.69) is 5.32 Å². The number of rotatable bonds is 11. The van der Waals surface area contributed by atoms with E-state index in [0.717, 1.165) is 11.8 Å². The Morgan fingerprint density at radius 2 is 1.63 bits per heavy atom. The molecule has 2 aromatic rings. The SMILES string of the molecule is COc1ccc(CN(C(=O)CCCN(c2ccccc2)S(C)(=O)=O)[C@H](C)C(=O)NC(C)(C)C)cc1. The normalized spacial score (nSPS) is 12.5. The van der Waals surface area contributed by atoms with Crippen LogP contribution in [0.5, 0.6) is 5.75 Å². The van der Waals surface area contributed by atoms with Gasteiger partial charge >= 0.3 is 0 Å². The highest BCUT2D eigenvalue weighted by atomic mass is 32.2. The first kappa shape index (κ1) is 28.2. The zero-order valence-corrected chi connectivity index (χ0v) is 22.3. The maximum atomic E-state index is 13.3. The van der Waals surface area contributed by atoms with Gasteiger partial charge in [-0.2, -0.15) is 0 Å². The fraction of sp³-hybridized carbons (Fsp3) is 0.462. The van der Waals surface area contributed by atoms with Crippen molar-refractivity contribution in [2.24, 2.45) is 0 Å². The van der Waals surface area contributed by atoms with E-state index < -0.39 is 21.6 Å². The third-order valence-corrected chi connectivity index (χ3v) is 6.57. The van der Waals surface area contributed by atoms with Gasteiger partial charge in [0.25, 0.3) is 0 Å². The van der Waals surface area contributed by atoms with Gasteiger partial charge < -0.3 is 15.0 Å². The molecule has 2 aromatic carbocycles. The van der Waals surface area contributed by atoms with Crippen molar-refractivity contribution < 1.29 is 22.7 Å². The number of benzene rings is 2. The Labute approximate surface area is 209 Å². The van der Waals surface area contributed by atoms with Gasteiger partial charge in [-0.25, -0.2) is 8.42 Å². The van der Waals surface area contributed by atoms with Crippen LogP contribution in [-0.4, -0.2) is 56.6 Å². The van der Waals surface area contributed by atoms with Crippen LogP contribution in [0.3, 0.4) is 0 Å². The second-order valence-corrected chi connectivity index (χ2v) is 11.5. The first-order valence-corrected chi connectivity index (χ1v) is 13.4. The van der Waals surface area contributed by atoms with Crippen LogP contribution >= 0.6 is 0 Å². The summed E-state index contributed by atoms with van der Waals surface area (Å²) in [6.07, 6.45) is 1.56. The maximum absolute atomic E-state index is 13.3. The lowest BCUT2D eigenvalue weighted by molar-refractivity contribution is -0.141. The summed E-state index contributed by atoms with van der Waals surface area (Å²) in [5.41, 5.74) is 0.971. The number of ether oxygens (including phenoxy) is 1. The first-order chi connectivity index (χ1) is 16.3. The summed E-state index contributed by atoms with van der Waals surface area (Å²) in [6.45, 7) is 7.77. The third-order valence-electron chi connectivity index (χ3n) is 5.37. The number of para-hydroxylation sites is 1. The van der Waals surface area contributed by atoms with Gasteiger partial charge in [0.15, 0.2) is 0 Å². The number of hydrogen-bond acceptors (Lipinski definition) is 5. The van der Waals surface area contributed by atoms with Crippen LogP contribution in [0.1, 0.15) is 46.1 Å². The monoisotopic (exact) mass is 503 g/mol. The van der Waals surface area contributed by atoms with E-state index in [9.17, 15) is 18.0 Å². The summed E-state index contributed by atoms with van der Waals surface area (Å²) in [7, 11) is -1.93. The molecule has 0 fully saturated rings. The molecular weight excluding hydrogens is 466 g/mol. The Bertz CT molecular complexity index is 1080. The molecule has 1 atom stereocenters. The van der Waals surface area contributed by atoms with E-state index in [1.807, 2.05) is 51.1 Å². The molecule has 0 saturated heterocycles. The number of amides is 2. The summed E-state index contributed by atoms with van der Waals surface area (Å²) in [4.78, 5) is 27.7. The van der Waals surface area contributed by atoms with E-state index in [1.165, 1.54) is 9.21 Å². The molecule has 0 aliphatic heterocycles. The van der Waals surface area contributed by atoms with E-state index in [4.69, 9.17) is 4.74 Å². The standard InChI is InChI=1S/C26H37N3O5S/c1-20(25(31)27-26(2,3)4)28(19-21-14-16-23(34-5)17-15-21)24(30)13-10-18-29(35(6,32)33)22-11-8-7-9-12-22/h7-9,11-12,14-17,20H,10,13,18-19H2,1-6H3,(H,27,31)/t20-/m1/s1. The van der Waals surface area contributed by atoms with Crippen LogP contribution in [0.2, 0.25) is 0 Å². The minimum atomic E-state index is -3.51. The number of methoxy groups -OCH3 is 1. The summed E-state index contributed by atoms with van der Waals surface area (Å²) in [6, 6.07) is 15.4. The Balaban J connectivity index is 2.17. The second-order valence-electron chi connectivity index (χ2n) is 9.56. The molecule has 0 spiro atoms. The largest absolute Gasteiger partial charge is 0.497 e. The molecule has 0 radical (unpaired) electrons. The highest BCUT2D eigenvalue weighted by Gasteiger charge is 2.28. The molecule has 0 unspecified atom stereocenters. The van der Waals surface area contributed by atoms with Gasteiger partial charge in [-0.15, -0.1) is 0 Å². The van der Waals surface area contributed by atoms with Crippen molar-refractivity contribution in [2.75, 3.05) is 24.2 Å². The van der Waals surface area contributed by atoms with Gasteiger partial charge in [-0.3, -0.25) is 13.9 Å². The molecule has 0 saturated carbocycles. The van der Waals surface area contributed by atoms with Crippen LogP contribution < -0.4 is 14.4 Å². The molecule has 192 valence electrons. The van der Waals surface area contributed by atoms with Crippen molar-refractivity contribution in [1.82, 2.24) is 10.2 Å². The summed E-state index contributed by atoms with van der Waals surface area (Å²) < 4.78 is 31.2. The predicted octanol–water partition coefficient (Wildman–Crippen LogP) is 3.57. The molecule has 9 heteroatoms. The molecule has 0 heterocycles. The lowest BCUT2D eigenvalue weighted by Gasteiger charge is -2.32. The van der Waals surface area contributed by atoms with Gasteiger partial charge in [0.2, 0.25) is 21.8 Å². The van der Waals surface area contributed by atoms with Crippen molar-refractivity contribution >= 4 is 27.5 Å². The number of nitrogens with zero attached hydrogens (tertiary/aromatic N) is 2. The highest BCUT2D eigenvalue weighted by Crippen LogP contribution is 2.19. The van der Waals surface area contributed by atoms with E-state index >= 15 is 0 Å². The average Bonchev–Trinajstić information content (AvgIpc) is 2.78. The molecular formula is C26H37N3O5S. The zero-order valence-electron chi connectivity index (χ0n) is 21.4. The van der Waals surface area contributed by atoms with Crippen LogP contribution in [0, 0.1) is 0 Å². The fourth-order valence-corrected chi connectivity index (χ4v) is 4.55. The van der Waals surface area contributed by atoms with Gasteiger partial charge in [0.1, 0.15) is 11.8 Å². The summed E-state index contributed by atoms with van der Waals surface area (Å²) in [5.74, 6) is 0.229. The lowest BCUT2D eigenvalue weighted by atomic mass is 10.1. The Hall–Kier alpha value is -3.07. The van der Waals surface area contributed by atoms with E-state index in [-0.39, 0.29) is 31.3 Å². The van der Waals surface area contributed by atoms with Crippen molar-refractivity contribution in [3.8, 4) is 5.75 Å². The van der Waals surface area contributed by atoms with Gasteiger partial charge in [0.05, 0.1) is 19.1 Å². The predicted molar refractivity (Wildman–Crippen MR) is 139 cm³/mol. The van der Waals surface area contributed by atoms with E-state index in [0.29, 0.717) is 17.9 Å². The van der Waals surface area contributed by atoms with Crippen LogP contribution in [0.15, 0.2) is 54.6 Å². The number of anilines is 1. The average molecular weight is 504 g/mol. The highest BCUT2D eigenvalue weighted by molar-refractivity contribution is 7.92. The molecule has 0 aliphatic carbocycles. The van der Waals surface area contributed by atoms with Crippen molar-refractivity contribution in [3.05, 3.63) is 60.2 Å². The zero-order chi connectivity index (χ0) is 26.2. The summed E-state index contributed by atoms with van der Waals surface area (Å²) >= 11 is 0. The quantitative estimate of drug-likeness (QED) is 0.506. The molecule has 1 N–H and O–H groups in total. The smallest absolute Gasteiger partial charge is 0.242 e. The Kier molecular flexibility index (Phi) is 9.71. The lowest BCUT2D eigenvalue weighted by Crippen LogP contribution is -2.52. The van der Waals surface area contributed by atoms with Crippen molar-refractivity contribution in [1.29, 1.82) is 0 Å². The topological polar surface area (TPSA) is 96.0 Å². The van der Waals surface area contributed by atoms with Crippen LogP contribution in [0.4, 0.5) is 5.69 Å².